The van der Waals surface area contributed by atoms with Crippen molar-refractivity contribution in [1.29, 1.82) is 0 Å². The second-order valence-electron chi connectivity index (χ2n) is 3.41. The molecule has 0 saturated heterocycles. The number of carbonyl (C=O) groups excluding carboxylic acids is 1. The van der Waals surface area contributed by atoms with Crippen LogP contribution in [0.25, 0.3) is 0 Å². The van der Waals surface area contributed by atoms with Gasteiger partial charge < -0.3 is 4.90 Å². The number of halogens is 1. The van der Waals surface area contributed by atoms with E-state index in [0.29, 0.717) is 12.2 Å². The van der Waals surface area contributed by atoms with Crippen LogP contribution >= 0.6 is 15.9 Å². The van der Waals surface area contributed by atoms with E-state index in [1.807, 2.05) is 13.0 Å². The number of nitrogens with zero attached hydrogens (tertiary/aromatic N) is 3. The van der Waals surface area contributed by atoms with E-state index in [1.165, 1.54) is 0 Å². The molecule has 0 aromatic carbocycles. The third-order valence-corrected chi connectivity index (χ3v) is 2.63. The first kappa shape index (κ1) is 12.2. The average molecular weight is 274 g/mol. The van der Waals surface area contributed by atoms with Gasteiger partial charge in [-0.15, -0.1) is 0 Å². The van der Waals surface area contributed by atoms with E-state index in [-0.39, 0.29) is 5.91 Å². The van der Waals surface area contributed by atoms with Crippen molar-refractivity contribution in [2.24, 2.45) is 7.05 Å². The highest BCUT2D eigenvalue weighted by atomic mass is 79.9. The molecule has 1 aromatic rings. The molecule has 1 rings (SSSR count). The number of amides is 1. The van der Waals surface area contributed by atoms with Crippen molar-refractivity contribution in [3.05, 3.63) is 17.5 Å². The average Bonchev–Trinajstić information content (AvgIpc) is 2.59. The Bertz CT molecular complexity index is 348. The minimum absolute atomic E-state index is 0.0177. The van der Waals surface area contributed by atoms with Crippen molar-refractivity contribution in [3.63, 3.8) is 0 Å². The summed E-state index contributed by atoms with van der Waals surface area (Å²) in [7, 11) is 3.59. The molecule has 0 unspecified atom stereocenters. The van der Waals surface area contributed by atoms with Crippen molar-refractivity contribution in [3.8, 4) is 0 Å². The molecular formula is C10H16BrN3O. The molecule has 15 heavy (non-hydrogen) atoms. The van der Waals surface area contributed by atoms with Gasteiger partial charge in [0.1, 0.15) is 5.69 Å². The van der Waals surface area contributed by atoms with Gasteiger partial charge in [-0.1, -0.05) is 22.9 Å². The Hall–Kier alpha value is -0.840. The van der Waals surface area contributed by atoms with Gasteiger partial charge in [0.2, 0.25) is 0 Å². The van der Waals surface area contributed by atoms with Crippen LogP contribution in [-0.4, -0.2) is 39.5 Å². The maximum atomic E-state index is 11.9. The van der Waals surface area contributed by atoms with E-state index in [0.717, 1.165) is 17.4 Å². The number of rotatable bonds is 4. The first-order valence-corrected chi connectivity index (χ1v) is 6.06. The smallest absolute Gasteiger partial charge is 0.271 e. The summed E-state index contributed by atoms with van der Waals surface area (Å²) in [4.78, 5) is 13.6. The van der Waals surface area contributed by atoms with Crippen molar-refractivity contribution in [2.45, 2.75) is 13.3 Å². The molecule has 0 fully saturated rings. The number of alkyl halides is 1. The highest BCUT2D eigenvalue weighted by Crippen LogP contribution is 2.06. The molecule has 0 aliphatic heterocycles. The van der Waals surface area contributed by atoms with Gasteiger partial charge in [0.05, 0.1) is 5.69 Å². The topological polar surface area (TPSA) is 38.1 Å². The second-order valence-corrected chi connectivity index (χ2v) is 4.21. The fraction of sp³-hybridized carbons (Fsp3) is 0.600. The van der Waals surface area contributed by atoms with Crippen molar-refractivity contribution in [2.75, 3.05) is 18.9 Å². The summed E-state index contributed by atoms with van der Waals surface area (Å²) in [5.41, 5.74) is 1.60. The molecule has 0 N–H and O–H groups in total. The van der Waals surface area contributed by atoms with E-state index >= 15 is 0 Å². The Morgan fingerprint density at radius 2 is 2.33 bits per heavy atom. The largest absolute Gasteiger partial charge is 0.340 e. The van der Waals surface area contributed by atoms with E-state index < -0.39 is 0 Å². The van der Waals surface area contributed by atoms with Gasteiger partial charge in [-0.2, -0.15) is 5.10 Å². The summed E-state index contributed by atoms with van der Waals surface area (Å²) in [6.45, 7) is 2.73. The predicted octanol–water partition coefficient (Wildman–Crippen LogP) is 1.45. The zero-order valence-electron chi connectivity index (χ0n) is 9.33. The number of carbonyl (C=O) groups is 1. The van der Waals surface area contributed by atoms with Gasteiger partial charge in [0.25, 0.3) is 5.91 Å². The molecule has 1 amide bonds. The molecule has 0 saturated carbocycles. The lowest BCUT2D eigenvalue weighted by atomic mass is 10.3. The fourth-order valence-corrected chi connectivity index (χ4v) is 1.86. The van der Waals surface area contributed by atoms with Gasteiger partial charge in [-0.25, -0.2) is 0 Å². The SMILES string of the molecule is CCc1cc(C(=O)N(C)CCBr)n(C)n1. The first-order valence-electron chi connectivity index (χ1n) is 4.94. The standard InChI is InChI=1S/C10H16BrN3O/c1-4-8-7-9(14(3)12-8)10(15)13(2)6-5-11/h7H,4-6H2,1-3H3. The molecule has 0 aliphatic rings. The lowest BCUT2D eigenvalue weighted by molar-refractivity contribution is 0.0793. The lowest BCUT2D eigenvalue weighted by Crippen LogP contribution is -2.30. The Morgan fingerprint density at radius 3 is 2.80 bits per heavy atom. The Labute approximate surface area is 98.4 Å². The molecule has 0 spiro atoms. The van der Waals surface area contributed by atoms with Crippen LogP contribution in [-0.2, 0) is 13.5 Å². The summed E-state index contributed by atoms with van der Waals surface area (Å²) in [5, 5.41) is 5.04. The maximum absolute atomic E-state index is 11.9. The summed E-state index contributed by atoms with van der Waals surface area (Å²) < 4.78 is 1.64. The van der Waals surface area contributed by atoms with Gasteiger partial charge in [-0.05, 0) is 12.5 Å². The molecule has 0 radical (unpaired) electrons. The Kier molecular flexibility index (Phi) is 4.32. The zero-order valence-corrected chi connectivity index (χ0v) is 10.9. The minimum Gasteiger partial charge on any atom is -0.340 e. The lowest BCUT2D eigenvalue weighted by Gasteiger charge is -2.15. The zero-order chi connectivity index (χ0) is 11.4. The fourth-order valence-electron chi connectivity index (χ4n) is 1.32. The molecule has 0 atom stereocenters. The molecule has 1 heterocycles. The molecule has 5 heteroatoms. The van der Waals surface area contributed by atoms with Crippen LogP contribution in [0.15, 0.2) is 6.07 Å². The highest BCUT2D eigenvalue weighted by molar-refractivity contribution is 9.09. The minimum atomic E-state index is 0.0177. The van der Waals surface area contributed by atoms with Crippen molar-refractivity contribution >= 4 is 21.8 Å². The number of aryl methyl sites for hydroxylation is 2. The Morgan fingerprint density at radius 1 is 1.67 bits per heavy atom. The van der Waals surface area contributed by atoms with E-state index in [4.69, 9.17) is 0 Å². The van der Waals surface area contributed by atoms with Gasteiger partial charge in [0, 0.05) is 26.0 Å². The van der Waals surface area contributed by atoms with E-state index in [1.54, 1.807) is 23.7 Å². The molecule has 4 nitrogen and oxygen atoms in total. The van der Waals surface area contributed by atoms with Crippen LogP contribution in [0.4, 0.5) is 0 Å². The van der Waals surface area contributed by atoms with E-state index in [9.17, 15) is 4.79 Å². The first-order chi connectivity index (χ1) is 7.10. The van der Waals surface area contributed by atoms with Crippen LogP contribution in [0.2, 0.25) is 0 Å². The number of hydrogen-bond acceptors (Lipinski definition) is 2. The van der Waals surface area contributed by atoms with Gasteiger partial charge >= 0.3 is 0 Å². The third-order valence-electron chi connectivity index (χ3n) is 2.28. The third kappa shape index (κ3) is 2.81. The second kappa shape index (κ2) is 5.30. The van der Waals surface area contributed by atoms with Crippen LogP contribution < -0.4 is 0 Å². The molecule has 84 valence electrons. The Balaban J connectivity index is 2.85. The molecule has 0 aliphatic carbocycles. The van der Waals surface area contributed by atoms with Gasteiger partial charge in [-0.3, -0.25) is 9.48 Å². The highest BCUT2D eigenvalue weighted by Gasteiger charge is 2.16. The van der Waals surface area contributed by atoms with Crippen molar-refractivity contribution in [1.82, 2.24) is 14.7 Å². The maximum Gasteiger partial charge on any atom is 0.271 e. The summed E-state index contributed by atoms with van der Waals surface area (Å²) >= 11 is 3.31. The predicted molar refractivity (Wildman–Crippen MR) is 63.3 cm³/mol. The normalized spacial score (nSPS) is 10.4. The quantitative estimate of drug-likeness (QED) is 0.779. The monoisotopic (exact) mass is 273 g/mol. The molecular weight excluding hydrogens is 258 g/mol. The van der Waals surface area contributed by atoms with Crippen LogP contribution in [0.5, 0.6) is 0 Å². The van der Waals surface area contributed by atoms with Crippen LogP contribution in [0.3, 0.4) is 0 Å². The van der Waals surface area contributed by atoms with Crippen LogP contribution in [0.1, 0.15) is 23.1 Å². The number of hydrogen-bond donors (Lipinski definition) is 0. The summed E-state index contributed by atoms with van der Waals surface area (Å²) in [6.07, 6.45) is 0.850. The van der Waals surface area contributed by atoms with Gasteiger partial charge in [0.15, 0.2) is 0 Å². The van der Waals surface area contributed by atoms with Crippen LogP contribution in [0, 0.1) is 0 Å². The molecule has 0 bridgehead atoms. The van der Waals surface area contributed by atoms with Crippen molar-refractivity contribution < 1.29 is 4.79 Å². The molecule has 1 aromatic heterocycles. The summed E-state index contributed by atoms with van der Waals surface area (Å²) in [6, 6.07) is 1.85. The number of aromatic nitrogens is 2. The summed E-state index contributed by atoms with van der Waals surface area (Å²) in [5.74, 6) is 0.0177. The van der Waals surface area contributed by atoms with E-state index in [2.05, 4.69) is 21.0 Å².